The first kappa shape index (κ1) is 34.4. The molecule has 0 saturated heterocycles. The number of fused-ring (bicyclic) bond motifs is 2. The van der Waals surface area contributed by atoms with Gasteiger partial charge in [-0.05, 0) is 109 Å². The third-order valence-electron chi connectivity index (χ3n) is 10.2. The van der Waals surface area contributed by atoms with Crippen molar-refractivity contribution in [3.8, 4) is 40.4 Å². The van der Waals surface area contributed by atoms with E-state index in [4.69, 9.17) is 55.6 Å². The fourth-order valence-electron chi connectivity index (χ4n) is 7.49. The van der Waals surface area contributed by atoms with Crippen LogP contribution in [0.25, 0.3) is 11.4 Å². The summed E-state index contributed by atoms with van der Waals surface area (Å²) >= 11 is 6.45. The summed E-state index contributed by atoms with van der Waals surface area (Å²) in [7, 11) is 1.63. The number of hydrogen-bond donors (Lipinski definition) is 0. The van der Waals surface area contributed by atoms with Gasteiger partial charge in [0.15, 0.2) is 0 Å². The van der Waals surface area contributed by atoms with Gasteiger partial charge < -0.3 is 28.6 Å². The van der Waals surface area contributed by atoms with Gasteiger partial charge in [0.1, 0.15) is 28.5 Å². The van der Waals surface area contributed by atoms with Crippen molar-refractivity contribution in [1.82, 2.24) is 19.6 Å². The highest BCUT2D eigenvalue weighted by Gasteiger charge is 2.60. The van der Waals surface area contributed by atoms with Crippen molar-refractivity contribution in [2.45, 2.75) is 31.7 Å². The van der Waals surface area contributed by atoms with E-state index >= 15 is 0 Å². The van der Waals surface area contributed by atoms with Gasteiger partial charge in [0.2, 0.25) is 17.9 Å². The summed E-state index contributed by atoms with van der Waals surface area (Å²) in [6, 6.07) is 41.8. The van der Waals surface area contributed by atoms with E-state index in [9.17, 15) is 0 Å². The number of hydrogen-bond acceptors (Lipinski definition) is 10. The van der Waals surface area contributed by atoms with E-state index in [1.807, 2.05) is 135 Å². The Bertz CT molecular complexity index is 2680. The first-order valence-electron chi connectivity index (χ1n) is 18.3. The third kappa shape index (κ3) is 5.75. The van der Waals surface area contributed by atoms with E-state index in [1.54, 1.807) is 28.6 Å². The van der Waals surface area contributed by atoms with Gasteiger partial charge in [0, 0.05) is 10.6 Å². The van der Waals surface area contributed by atoms with Crippen LogP contribution in [0.5, 0.6) is 29.0 Å². The van der Waals surface area contributed by atoms with Crippen LogP contribution in [0.4, 0.5) is 0 Å². The molecule has 5 aromatic carbocycles. The minimum Gasteiger partial charge on any atom is -0.497 e. The normalized spacial score (nSPS) is 19.2. The molecule has 11 rings (SSSR count). The van der Waals surface area contributed by atoms with Crippen LogP contribution in [0.3, 0.4) is 0 Å². The lowest BCUT2D eigenvalue weighted by Gasteiger charge is -2.33. The molecule has 0 amide bonds. The molecule has 13 heteroatoms. The number of methoxy groups -OCH3 is 1. The van der Waals surface area contributed by atoms with Crippen LogP contribution in [0.15, 0.2) is 144 Å². The second-order valence-electron chi connectivity index (χ2n) is 13.7. The van der Waals surface area contributed by atoms with Gasteiger partial charge in [-0.2, -0.15) is 19.6 Å². The van der Waals surface area contributed by atoms with E-state index in [0.29, 0.717) is 67.8 Å². The molecule has 0 spiro atoms. The zero-order valence-corrected chi connectivity index (χ0v) is 31.6. The summed E-state index contributed by atoms with van der Waals surface area (Å²) in [6.45, 7) is 3.79. The molecule has 0 unspecified atom stereocenters. The molecule has 6 heterocycles. The molecule has 7 aromatic rings. The van der Waals surface area contributed by atoms with Gasteiger partial charge in [-0.15, -0.1) is 0 Å². The summed E-state index contributed by atoms with van der Waals surface area (Å²) in [5, 5.41) is 20.0. The summed E-state index contributed by atoms with van der Waals surface area (Å²) in [5.41, 5.74) is 5.93. The number of benzene rings is 5. The predicted octanol–water partition coefficient (Wildman–Crippen LogP) is 9.38. The van der Waals surface area contributed by atoms with Crippen LogP contribution in [-0.4, -0.2) is 44.4 Å². The topological polar surface area (TPSA) is 116 Å². The lowest BCUT2D eigenvalue weighted by atomic mass is 9.80. The Labute approximate surface area is 332 Å². The molecule has 0 radical (unpaired) electrons. The summed E-state index contributed by atoms with van der Waals surface area (Å²) in [5.74, 6) is 0.379. The number of ether oxygens (including phenoxy) is 4. The van der Waals surface area contributed by atoms with Crippen molar-refractivity contribution in [1.29, 1.82) is 0 Å². The van der Waals surface area contributed by atoms with Crippen LogP contribution < -0.4 is 14.2 Å². The first-order valence-corrected chi connectivity index (χ1v) is 18.6. The van der Waals surface area contributed by atoms with E-state index in [2.05, 4.69) is 5.16 Å². The van der Waals surface area contributed by atoms with Crippen LogP contribution >= 0.6 is 11.6 Å². The molecule has 2 aromatic heterocycles. The summed E-state index contributed by atoms with van der Waals surface area (Å²) in [6.07, 6.45) is -0.962. The van der Waals surface area contributed by atoms with E-state index in [0.717, 1.165) is 16.9 Å². The van der Waals surface area contributed by atoms with Crippen molar-refractivity contribution in [3.63, 3.8) is 0 Å². The molecule has 0 fully saturated rings. The summed E-state index contributed by atoms with van der Waals surface area (Å²) in [4.78, 5) is 13.2. The van der Waals surface area contributed by atoms with Gasteiger partial charge in [-0.1, -0.05) is 65.3 Å². The first-order chi connectivity index (χ1) is 27.9. The highest BCUT2D eigenvalue weighted by atomic mass is 35.5. The largest absolute Gasteiger partial charge is 0.497 e. The van der Waals surface area contributed by atoms with Crippen LogP contribution in [0, 0.1) is 13.8 Å². The minimum absolute atomic E-state index is 0.144. The highest BCUT2D eigenvalue weighted by Crippen LogP contribution is 2.50. The molecule has 0 saturated carbocycles. The molecular formula is C44H33ClN6O6. The van der Waals surface area contributed by atoms with Gasteiger partial charge >= 0.3 is 5.79 Å². The molecule has 6 bridgehead atoms. The third-order valence-corrected chi connectivity index (χ3v) is 10.5. The number of aromatic nitrogens is 4. The second-order valence-corrected chi connectivity index (χ2v) is 14.2. The van der Waals surface area contributed by atoms with Gasteiger partial charge in [-0.25, -0.2) is 0 Å². The fraction of sp³-hybridized carbons (Fsp3) is 0.136. The SMILES string of the molecule is COc1ccc([C@@H]2C3=NO[C@H]2[C@]2(c4ccc(Cl)cc4)ON=C(O2)c2c(C)nn(-c4ccccc4)c2Oc2ccc(cc2)Oc2c3c(C)nn2-c2ccccc2)cc1. The molecular weight excluding hydrogens is 744 g/mol. The van der Waals surface area contributed by atoms with E-state index in [-0.39, 0.29) is 5.90 Å². The van der Waals surface area contributed by atoms with Crippen molar-refractivity contribution < 1.29 is 28.6 Å². The molecule has 0 N–H and O–H groups in total. The van der Waals surface area contributed by atoms with Crippen molar-refractivity contribution in [2.75, 3.05) is 7.11 Å². The number of oxime groups is 2. The number of halogens is 1. The number of aryl methyl sites for hydroxylation is 2. The average Bonchev–Trinajstić information content (AvgIpc) is 4.03. The molecule has 57 heavy (non-hydrogen) atoms. The smallest absolute Gasteiger partial charge is 0.344 e. The van der Waals surface area contributed by atoms with E-state index in [1.165, 1.54) is 0 Å². The molecule has 282 valence electrons. The maximum absolute atomic E-state index is 7.06. The molecule has 4 aliphatic rings. The van der Waals surface area contributed by atoms with E-state index < -0.39 is 17.8 Å². The van der Waals surface area contributed by atoms with Crippen LogP contribution in [0.2, 0.25) is 5.02 Å². The Morgan fingerprint density at radius 2 is 1.21 bits per heavy atom. The Morgan fingerprint density at radius 1 is 0.649 bits per heavy atom. The maximum atomic E-state index is 7.06. The fourth-order valence-corrected chi connectivity index (χ4v) is 7.62. The Balaban J connectivity index is 1.23. The Kier molecular flexibility index (Phi) is 8.22. The van der Waals surface area contributed by atoms with Crippen molar-refractivity contribution in [3.05, 3.63) is 172 Å². The highest BCUT2D eigenvalue weighted by molar-refractivity contribution is 6.30. The quantitative estimate of drug-likeness (QED) is 0.170. The zero-order valence-electron chi connectivity index (χ0n) is 30.9. The molecule has 12 nitrogen and oxygen atoms in total. The molecule has 3 atom stereocenters. The lowest BCUT2D eigenvalue weighted by molar-refractivity contribution is -0.240. The van der Waals surface area contributed by atoms with Crippen molar-refractivity contribution >= 4 is 23.2 Å². The second kappa shape index (κ2) is 13.6. The van der Waals surface area contributed by atoms with Gasteiger partial charge in [0.05, 0.1) is 41.4 Å². The van der Waals surface area contributed by atoms with Gasteiger partial charge in [-0.3, -0.25) is 0 Å². The van der Waals surface area contributed by atoms with Crippen LogP contribution in [-0.2, 0) is 20.2 Å². The zero-order chi connectivity index (χ0) is 38.7. The molecule has 4 aliphatic heterocycles. The Hall–Kier alpha value is -7.05. The number of para-hydroxylation sites is 2. The average molecular weight is 777 g/mol. The standard InChI is InChI=1S/C44H33ClN6O6/c1-26-36-39-38(28-14-20-33(52-3)21-15-28)40(56-48-39)44(29-16-18-30(45)19-17-29)55-41(49-57-44)37-27(2)47-51(32-12-8-5-9-13-32)43(37)54-35-24-22-34(23-25-35)53-42(36)50(46-26)31-10-6-4-7-11-31/h4-25,38,40H,1-3H3/t38-,40-,44+/m1/s1. The monoisotopic (exact) mass is 776 g/mol. The molecule has 0 aliphatic carbocycles. The van der Waals surface area contributed by atoms with Crippen LogP contribution in [0.1, 0.15) is 39.6 Å². The number of rotatable bonds is 5. The minimum atomic E-state index is -1.70. The van der Waals surface area contributed by atoms with Crippen molar-refractivity contribution in [2.24, 2.45) is 10.3 Å². The lowest BCUT2D eigenvalue weighted by Crippen LogP contribution is -2.46. The Morgan fingerprint density at radius 3 is 1.79 bits per heavy atom. The predicted molar refractivity (Wildman–Crippen MR) is 212 cm³/mol. The van der Waals surface area contributed by atoms with Gasteiger partial charge in [0.25, 0.3) is 5.90 Å². The number of nitrogens with zero attached hydrogens (tertiary/aromatic N) is 6. The summed E-state index contributed by atoms with van der Waals surface area (Å²) < 4.78 is 29.6. The maximum Gasteiger partial charge on any atom is 0.344 e.